The molecule has 0 saturated carbocycles. The number of ether oxygens (including phenoxy) is 2. The highest BCUT2D eigenvalue weighted by Gasteiger charge is 2.39. The Morgan fingerprint density at radius 2 is 2.24 bits per heavy atom. The van der Waals surface area contributed by atoms with Crippen molar-refractivity contribution < 1.29 is 19.1 Å². The van der Waals surface area contributed by atoms with Gasteiger partial charge in [0.15, 0.2) is 0 Å². The van der Waals surface area contributed by atoms with Crippen molar-refractivity contribution in [2.45, 2.75) is 45.6 Å². The summed E-state index contributed by atoms with van der Waals surface area (Å²) in [6.07, 6.45) is 5.56. The van der Waals surface area contributed by atoms with Crippen LogP contribution in [0.3, 0.4) is 0 Å². The second-order valence-electron chi connectivity index (χ2n) is 7.67. The molecule has 29 heavy (non-hydrogen) atoms. The first kappa shape index (κ1) is 20.0. The minimum Gasteiger partial charge on any atom is -0.461 e. The summed E-state index contributed by atoms with van der Waals surface area (Å²) in [7, 11) is 0. The van der Waals surface area contributed by atoms with E-state index >= 15 is 0 Å². The second-order valence-corrected chi connectivity index (χ2v) is 8.55. The molecule has 0 unspecified atom stereocenters. The van der Waals surface area contributed by atoms with Gasteiger partial charge in [0, 0.05) is 31.9 Å². The highest BCUT2D eigenvalue weighted by molar-refractivity contribution is 7.11. The van der Waals surface area contributed by atoms with Gasteiger partial charge in [-0.25, -0.2) is 4.79 Å². The van der Waals surface area contributed by atoms with Crippen LogP contribution < -0.4 is 5.32 Å². The van der Waals surface area contributed by atoms with E-state index in [9.17, 15) is 9.59 Å². The number of carbonyl (C=O) groups is 2. The molecule has 0 atom stereocenters. The maximum Gasteiger partial charge on any atom is 0.349 e. The molecule has 1 saturated heterocycles. The quantitative estimate of drug-likeness (QED) is 0.571. The Morgan fingerprint density at radius 3 is 2.97 bits per heavy atom. The number of aromatic nitrogens is 3. The molecule has 2 aromatic rings. The maximum absolute atomic E-state index is 12.8. The molecule has 2 aliphatic heterocycles. The summed E-state index contributed by atoms with van der Waals surface area (Å²) in [5, 5.41) is 7.84. The number of nitrogens with zero attached hydrogens (tertiary/aromatic N) is 3. The van der Waals surface area contributed by atoms with E-state index in [0.717, 1.165) is 43.7 Å². The third-order valence-corrected chi connectivity index (χ3v) is 6.56. The molecule has 8 nitrogen and oxygen atoms in total. The van der Waals surface area contributed by atoms with Gasteiger partial charge in [-0.1, -0.05) is 0 Å². The SMILES string of the molecule is CCn1nc(CCCOC(=O)c2cncs2)c2c1C(=O)NCC1(CCOCC1)C2. The molecule has 2 aliphatic rings. The highest BCUT2D eigenvalue weighted by Crippen LogP contribution is 2.37. The number of carbonyl (C=O) groups excluding carboxylic acids is 2. The Balaban J connectivity index is 1.47. The fraction of sp³-hybridized carbons (Fsp3) is 0.600. The van der Waals surface area contributed by atoms with Crippen LogP contribution >= 0.6 is 11.3 Å². The first-order valence-electron chi connectivity index (χ1n) is 10.1. The lowest BCUT2D eigenvalue weighted by Gasteiger charge is -2.36. The van der Waals surface area contributed by atoms with Crippen molar-refractivity contribution in [2.75, 3.05) is 26.4 Å². The normalized spacial score (nSPS) is 18.2. The van der Waals surface area contributed by atoms with Gasteiger partial charge in [-0.05, 0) is 44.4 Å². The standard InChI is InChI=1S/C20H26N4O4S/c1-2-24-17-14(10-20(12-22-18(17)25)5-8-27-9-6-20)15(23-24)4-3-7-28-19(26)16-11-21-13-29-16/h11,13H,2-10,12H2,1H3,(H,22,25). The predicted molar refractivity (Wildman–Crippen MR) is 107 cm³/mol. The van der Waals surface area contributed by atoms with Crippen molar-refractivity contribution in [3.05, 3.63) is 33.5 Å². The number of esters is 1. The van der Waals surface area contributed by atoms with Crippen LogP contribution in [0.1, 0.15) is 57.6 Å². The number of nitrogens with one attached hydrogen (secondary N) is 1. The van der Waals surface area contributed by atoms with Gasteiger partial charge >= 0.3 is 5.97 Å². The monoisotopic (exact) mass is 418 g/mol. The predicted octanol–water partition coefficient (Wildman–Crippen LogP) is 2.23. The molecule has 156 valence electrons. The van der Waals surface area contributed by atoms with Crippen LogP contribution in [0.15, 0.2) is 11.7 Å². The van der Waals surface area contributed by atoms with Crippen molar-refractivity contribution >= 4 is 23.2 Å². The van der Waals surface area contributed by atoms with E-state index in [1.165, 1.54) is 17.5 Å². The van der Waals surface area contributed by atoms with Gasteiger partial charge in [0.2, 0.25) is 0 Å². The van der Waals surface area contributed by atoms with Crippen molar-refractivity contribution in [1.29, 1.82) is 0 Å². The maximum atomic E-state index is 12.8. The minimum atomic E-state index is -0.342. The lowest BCUT2D eigenvalue weighted by atomic mass is 9.75. The summed E-state index contributed by atoms with van der Waals surface area (Å²) in [5.41, 5.74) is 4.33. The van der Waals surface area contributed by atoms with Gasteiger partial charge in [-0.15, -0.1) is 11.3 Å². The molecule has 0 radical (unpaired) electrons. The first-order chi connectivity index (χ1) is 14.1. The number of thiazole rings is 1. The summed E-state index contributed by atoms with van der Waals surface area (Å²) in [5.74, 6) is -0.383. The van der Waals surface area contributed by atoms with E-state index in [-0.39, 0.29) is 17.3 Å². The fourth-order valence-electron chi connectivity index (χ4n) is 4.16. The van der Waals surface area contributed by atoms with Crippen LogP contribution in [-0.2, 0) is 28.9 Å². The Hall–Kier alpha value is -2.26. The van der Waals surface area contributed by atoms with E-state index in [0.29, 0.717) is 43.1 Å². The number of rotatable bonds is 6. The summed E-state index contributed by atoms with van der Waals surface area (Å²) >= 11 is 1.27. The lowest BCUT2D eigenvalue weighted by molar-refractivity contribution is 0.0160. The summed E-state index contributed by atoms with van der Waals surface area (Å²) in [6.45, 7) is 5.10. The average Bonchev–Trinajstić information content (AvgIpc) is 3.36. The average molecular weight is 419 g/mol. The molecule has 0 aromatic carbocycles. The Kier molecular flexibility index (Phi) is 5.96. The van der Waals surface area contributed by atoms with E-state index < -0.39 is 0 Å². The van der Waals surface area contributed by atoms with Gasteiger partial charge in [0.25, 0.3) is 5.91 Å². The molecule has 1 N–H and O–H groups in total. The van der Waals surface area contributed by atoms with E-state index in [4.69, 9.17) is 14.6 Å². The number of hydrogen-bond donors (Lipinski definition) is 1. The molecule has 4 rings (SSSR count). The first-order valence-corrected chi connectivity index (χ1v) is 11.0. The molecule has 2 aromatic heterocycles. The number of hydrogen-bond acceptors (Lipinski definition) is 7. The number of fused-ring (bicyclic) bond motifs is 1. The van der Waals surface area contributed by atoms with Crippen molar-refractivity contribution in [2.24, 2.45) is 5.41 Å². The third kappa shape index (κ3) is 4.20. The number of aryl methyl sites for hydroxylation is 2. The fourth-order valence-corrected chi connectivity index (χ4v) is 4.67. The van der Waals surface area contributed by atoms with Crippen LogP contribution in [-0.4, -0.2) is 53.0 Å². The minimum absolute atomic E-state index is 0.0359. The molecule has 1 fully saturated rings. The molecular formula is C20H26N4O4S. The highest BCUT2D eigenvalue weighted by atomic mass is 32.1. The zero-order valence-electron chi connectivity index (χ0n) is 16.6. The zero-order chi connectivity index (χ0) is 20.3. The molecule has 1 amide bonds. The molecule has 4 heterocycles. The van der Waals surface area contributed by atoms with Crippen molar-refractivity contribution in [3.8, 4) is 0 Å². The molecule has 0 bridgehead atoms. The number of amides is 1. The van der Waals surface area contributed by atoms with Gasteiger partial charge in [-0.3, -0.25) is 14.5 Å². The van der Waals surface area contributed by atoms with Crippen LogP contribution in [0.25, 0.3) is 0 Å². The van der Waals surface area contributed by atoms with E-state index in [1.807, 2.05) is 11.6 Å². The Labute approximate surface area is 173 Å². The molecule has 9 heteroatoms. The second kappa shape index (κ2) is 8.62. The Morgan fingerprint density at radius 1 is 1.41 bits per heavy atom. The lowest BCUT2D eigenvalue weighted by Crippen LogP contribution is -2.40. The summed E-state index contributed by atoms with van der Waals surface area (Å²) in [4.78, 5) is 29.2. The van der Waals surface area contributed by atoms with Crippen LogP contribution in [0, 0.1) is 5.41 Å². The van der Waals surface area contributed by atoms with E-state index in [2.05, 4.69) is 10.3 Å². The van der Waals surface area contributed by atoms with Gasteiger partial charge in [0.05, 0.1) is 24.0 Å². The van der Waals surface area contributed by atoms with Crippen LogP contribution in [0.2, 0.25) is 0 Å². The molecule has 1 spiro atoms. The van der Waals surface area contributed by atoms with Gasteiger partial charge in [0.1, 0.15) is 10.6 Å². The van der Waals surface area contributed by atoms with Gasteiger partial charge < -0.3 is 14.8 Å². The topological polar surface area (TPSA) is 95.3 Å². The van der Waals surface area contributed by atoms with E-state index in [1.54, 1.807) is 5.51 Å². The largest absolute Gasteiger partial charge is 0.461 e. The molecule has 0 aliphatic carbocycles. The Bertz CT molecular complexity index is 871. The summed E-state index contributed by atoms with van der Waals surface area (Å²) in [6, 6.07) is 0. The van der Waals surface area contributed by atoms with Crippen LogP contribution in [0.4, 0.5) is 0 Å². The van der Waals surface area contributed by atoms with Gasteiger partial charge in [-0.2, -0.15) is 5.10 Å². The van der Waals surface area contributed by atoms with Crippen molar-refractivity contribution in [3.63, 3.8) is 0 Å². The third-order valence-electron chi connectivity index (χ3n) is 5.80. The van der Waals surface area contributed by atoms with Crippen molar-refractivity contribution in [1.82, 2.24) is 20.1 Å². The van der Waals surface area contributed by atoms with Crippen LogP contribution in [0.5, 0.6) is 0 Å². The summed E-state index contributed by atoms with van der Waals surface area (Å²) < 4.78 is 12.7. The smallest absolute Gasteiger partial charge is 0.349 e. The molecular weight excluding hydrogens is 392 g/mol. The zero-order valence-corrected chi connectivity index (χ0v) is 17.4.